The molecule has 124 valence electrons. The van der Waals surface area contributed by atoms with Crippen LogP contribution < -0.4 is 11.1 Å². The molecule has 0 saturated carbocycles. The molecule has 1 amide bonds. The summed E-state index contributed by atoms with van der Waals surface area (Å²) >= 11 is 1.64. The van der Waals surface area contributed by atoms with Gasteiger partial charge in [-0.25, -0.2) is 4.98 Å². The first-order valence-electron chi connectivity index (χ1n) is 7.86. The van der Waals surface area contributed by atoms with Crippen molar-refractivity contribution in [2.45, 2.75) is 44.9 Å². The Morgan fingerprint density at radius 3 is 3.23 bits per heavy atom. The van der Waals surface area contributed by atoms with Gasteiger partial charge in [0.2, 0.25) is 5.91 Å². The van der Waals surface area contributed by atoms with E-state index in [4.69, 9.17) is 10.5 Å². The Hall–Kier alpha value is -1.02. The second-order valence-electron chi connectivity index (χ2n) is 5.63. The Morgan fingerprint density at radius 1 is 1.59 bits per heavy atom. The number of amides is 1. The van der Waals surface area contributed by atoms with Gasteiger partial charge in [0.15, 0.2) is 0 Å². The molecule has 2 rings (SSSR count). The van der Waals surface area contributed by atoms with Gasteiger partial charge in [-0.2, -0.15) is 0 Å². The lowest BCUT2D eigenvalue weighted by molar-refractivity contribution is -0.121. The van der Waals surface area contributed by atoms with E-state index < -0.39 is 0 Å². The lowest BCUT2D eigenvalue weighted by atomic mass is 10.0. The predicted molar refractivity (Wildman–Crippen MR) is 87.6 cm³/mol. The van der Waals surface area contributed by atoms with Gasteiger partial charge in [-0.3, -0.25) is 9.69 Å². The molecule has 3 N–H and O–H groups in total. The van der Waals surface area contributed by atoms with Crippen LogP contribution in [0.15, 0.2) is 5.38 Å². The number of aromatic nitrogens is 1. The van der Waals surface area contributed by atoms with Crippen LogP contribution in [0.4, 0.5) is 0 Å². The van der Waals surface area contributed by atoms with E-state index in [1.807, 2.05) is 0 Å². The minimum Gasteiger partial charge on any atom is -0.378 e. The van der Waals surface area contributed by atoms with Gasteiger partial charge >= 0.3 is 0 Å². The number of likely N-dealkylation sites (tertiary alicyclic amines) is 1. The summed E-state index contributed by atoms with van der Waals surface area (Å²) in [6.45, 7) is 3.59. The SMILES string of the molecule is COCc1nc(CN2CCCCC2CNC(=O)CCN)cs1. The summed E-state index contributed by atoms with van der Waals surface area (Å²) < 4.78 is 5.12. The van der Waals surface area contributed by atoms with Crippen LogP contribution in [-0.2, 0) is 22.7 Å². The lowest BCUT2D eigenvalue weighted by Gasteiger charge is -2.35. The first-order chi connectivity index (χ1) is 10.7. The van der Waals surface area contributed by atoms with Crippen molar-refractivity contribution in [3.8, 4) is 0 Å². The third-order valence-corrected chi connectivity index (χ3v) is 4.76. The summed E-state index contributed by atoms with van der Waals surface area (Å²) in [7, 11) is 1.69. The van der Waals surface area contributed by atoms with Crippen LogP contribution in [0.2, 0.25) is 0 Å². The molecule has 0 aromatic carbocycles. The topological polar surface area (TPSA) is 80.5 Å². The molecule has 1 aromatic rings. The maximum absolute atomic E-state index is 11.6. The van der Waals surface area contributed by atoms with Gasteiger partial charge in [-0.15, -0.1) is 11.3 Å². The fraction of sp³-hybridized carbons (Fsp3) is 0.733. The Labute approximate surface area is 136 Å². The molecule has 1 aromatic heterocycles. The van der Waals surface area contributed by atoms with Crippen molar-refractivity contribution in [1.82, 2.24) is 15.2 Å². The highest BCUT2D eigenvalue weighted by Gasteiger charge is 2.23. The molecule has 0 spiro atoms. The molecule has 1 atom stereocenters. The number of piperidine rings is 1. The Kier molecular flexibility index (Phi) is 7.24. The second kappa shape index (κ2) is 9.19. The number of ether oxygens (including phenoxy) is 1. The van der Waals surface area contributed by atoms with E-state index in [2.05, 4.69) is 20.6 Å². The maximum Gasteiger partial charge on any atom is 0.221 e. The minimum atomic E-state index is 0.0454. The van der Waals surface area contributed by atoms with Gasteiger partial charge in [-0.05, 0) is 19.4 Å². The van der Waals surface area contributed by atoms with Crippen LogP contribution in [0.1, 0.15) is 36.4 Å². The van der Waals surface area contributed by atoms with Crippen molar-refractivity contribution < 1.29 is 9.53 Å². The van der Waals surface area contributed by atoms with Crippen molar-refractivity contribution in [2.24, 2.45) is 5.73 Å². The summed E-state index contributed by atoms with van der Waals surface area (Å²) in [5, 5.41) is 6.12. The number of methoxy groups -OCH3 is 1. The number of rotatable bonds is 8. The molecule has 1 aliphatic heterocycles. The molecular weight excluding hydrogens is 300 g/mol. The quantitative estimate of drug-likeness (QED) is 0.748. The highest BCUT2D eigenvalue weighted by molar-refractivity contribution is 7.09. The van der Waals surface area contributed by atoms with Crippen molar-refractivity contribution in [3.05, 3.63) is 16.1 Å². The van der Waals surface area contributed by atoms with Crippen LogP contribution in [0.5, 0.6) is 0 Å². The third kappa shape index (κ3) is 5.31. The third-order valence-electron chi connectivity index (χ3n) is 3.89. The number of hydrogen-bond donors (Lipinski definition) is 2. The van der Waals surface area contributed by atoms with Crippen LogP contribution in [-0.4, -0.2) is 48.6 Å². The zero-order valence-electron chi connectivity index (χ0n) is 13.2. The summed E-state index contributed by atoms with van der Waals surface area (Å²) in [5.74, 6) is 0.0454. The fourth-order valence-electron chi connectivity index (χ4n) is 2.77. The highest BCUT2D eigenvalue weighted by atomic mass is 32.1. The molecule has 1 aliphatic rings. The van der Waals surface area contributed by atoms with Gasteiger partial charge in [0, 0.05) is 44.6 Å². The predicted octanol–water partition coefficient (Wildman–Crippen LogP) is 1.11. The molecule has 1 fully saturated rings. The molecule has 1 saturated heterocycles. The van der Waals surface area contributed by atoms with Crippen molar-refractivity contribution in [3.63, 3.8) is 0 Å². The van der Waals surface area contributed by atoms with Crippen LogP contribution in [0, 0.1) is 0 Å². The van der Waals surface area contributed by atoms with Gasteiger partial charge in [-0.1, -0.05) is 6.42 Å². The Balaban J connectivity index is 1.86. The van der Waals surface area contributed by atoms with E-state index in [0.717, 1.165) is 30.2 Å². The first kappa shape index (κ1) is 17.3. The van der Waals surface area contributed by atoms with Crippen LogP contribution >= 0.6 is 11.3 Å². The van der Waals surface area contributed by atoms with E-state index in [1.165, 1.54) is 12.8 Å². The molecule has 1 unspecified atom stereocenters. The smallest absolute Gasteiger partial charge is 0.221 e. The van der Waals surface area contributed by atoms with Crippen molar-refractivity contribution in [2.75, 3.05) is 26.7 Å². The number of nitrogens with one attached hydrogen (secondary N) is 1. The maximum atomic E-state index is 11.6. The molecule has 7 heteroatoms. The minimum absolute atomic E-state index is 0.0454. The molecule has 6 nitrogen and oxygen atoms in total. The molecular formula is C15H26N4O2S. The number of carbonyl (C=O) groups excluding carboxylic acids is 1. The first-order valence-corrected chi connectivity index (χ1v) is 8.74. The number of thiazole rings is 1. The molecule has 22 heavy (non-hydrogen) atoms. The zero-order valence-corrected chi connectivity index (χ0v) is 14.0. The van der Waals surface area contributed by atoms with E-state index in [0.29, 0.717) is 32.2 Å². The largest absolute Gasteiger partial charge is 0.378 e. The lowest BCUT2D eigenvalue weighted by Crippen LogP contribution is -2.46. The summed E-state index contributed by atoms with van der Waals surface area (Å²) in [6, 6.07) is 0.392. The van der Waals surface area contributed by atoms with Crippen molar-refractivity contribution in [1.29, 1.82) is 0 Å². The number of nitrogens with zero attached hydrogens (tertiary/aromatic N) is 2. The Bertz CT molecular complexity index is 466. The summed E-state index contributed by atoms with van der Waals surface area (Å²) in [6.07, 6.45) is 3.96. The van der Waals surface area contributed by atoms with Gasteiger partial charge in [0.25, 0.3) is 0 Å². The second-order valence-corrected chi connectivity index (χ2v) is 6.57. The number of hydrogen-bond acceptors (Lipinski definition) is 6. The average molecular weight is 326 g/mol. The highest BCUT2D eigenvalue weighted by Crippen LogP contribution is 2.20. The van der Waals surface area contributed by atoms with Gasteiger partial charge in [0.1, 0.15) is 5.01 Å². The Morgan fingerprint density at radius 2 is 2.45 bits per heavy atom. The number of carbonyl (C=O) groups is 1. The van der Waals surface area contributed by atoms with Crippen LogP contribution in [0.25, 0.3) is 0 Å². The number of nitrogens with two attached hydrogens (primary N) is 1. The van der Waals surface area contributed by atoms with Gasteiger partial charge < -0.3 is 15.8 Å². The summed E-state index contributed by atoms with van der Waals surface area (Å²) in [4.78, 5) is 18.6. The zero-order chi connectivity index (χ0) is 15.8. The molecule has 0 bridgehead atoms. The standard InChI is InChI=1S/C15H26N4O2S/c1-21-10-15-18-12(11-22-15)9-19-7-3-2-4-13(19)8-17-14(20)5-6-16/h11,13H,2-10,16H2,1H3,(H,17,20). The van der Waals surface area contributed by atoms with E-state index in [-0.39, 0.29) is 5.91 Å². The van der Waals surface area contributed by atoms with Crippen molar-refractivity contribution >= 4 is 17.2 Å². The molecule has 0 radical (unpaired) electrons. The molecule has 0 aliphatic carbocycles. The van der Waals surface area contributed by atoms with Crippen LogP contribution in [0.3, 0.4) is 0 Å². The monoisotopic (exact) mass is 326 g/mol. The average Bonchev–Trinajstić information content (AvgIpc) is 2.94. The van der Waals surface area contributed by atoms with E-state index >= 15 is 0 Å². The fourth-order valence-corrected chi connectivity index (χ4v) is 3.53. The van der Waals surface area contributed by atoms with E-state index in [1.54, 1.807) is 18.4 Å². The van der Waals surface area contributed by atoms with Gasteiger partial charge in [0.05, 0.1) is 12.3 Å². The normalized spacial score (nSPS) is 19.3. The molecule has 2 heterocycles. The summed E-state index contributed by atoms with van der Waals surface area (Å²) in [5.41, 5.74) is 6.50. The van der Waals surface area contributed by atoms with E-state index in [9.17, 15) is 4.79 Å².